The Labute approximate surface area is 206 Å². The molecule has 9 nitrogen and oxygen atoms in total. The molecule has 0 atom stereocenters. The van der Waals surface area contributed by atoms with Crippen LogP contribution >= 0.6 is 11.8 Å². The van der Waals surface area contributed by atoms with Gasteiger partial charge in [0.05, 0.1) is 23.1 Å². The first-order valence-corrected chi connectivity index (χ1v) is 11.8. The Morgan fingerprint density at radius 2 is 1.57 bits per heavy atom. The molecule has 0 bridgehead atoms. The lowest BCUT2D eigenvalue weighted by molar-refractivity contribution is -0.124. The number of rotatable bonds is 9. The van der Waals surface area contributed by atoms with E-state index in [1.54, 1.807) is 61.7 Å². The molecule has 0 spiro atoms. The first-order chi connectivity index (χ1) is 16.9. The molecule has 180 valence electrons. The first kappa shape index (κ1) is 24.2. The molecule has 1 fully saturated rings. The third-order valence-corrected chi connectivity index (χ3v) is 6.52. The van der Waals surface area contributed by atoms with E-state index >= 15 is 0 Å². The molecule has 0 aliphatic carbocycles. The van der Waals surface area contributed by atoms with Gasteiger partial charge in [0, 0.05) is 26.1 Å². The molecule has 1 N–H and O–H groups in total. The molecule has 2 aromatic carbocycles. The average molecular weight is 494 g/mol. The molecule has 2 aliphatic heterocycles. The summed E-state index contributed by atoms with van der Waals surface area (Å²) in [4.78, 5) is 64.3. The van der Waals surface area contributed by atoms with Crippen LogP contribution in [0.1, 0.15) is 39.1 Å². The SMILES string of the molecule is COc1ccc(/C=C2\SC(=O)N(CCNC(=O)CCCN3C(=O)c4ccccc4C3=O)C2=O)cc1. The molecule has 4 rings (SSSR count). The van der Waals surface area contributed by atoms with Gasteiger partial charge in [-0.15, -0.1) is 0 Å². The number of methoxy groups -OCH3 is 1. The van der Waals surface area contributed by atoms with E-state index in [2.05, 4.69) is 5.32 Å². The van der Waals surface area contributed by atoms with Crippen LogP contribution < -0.4 is 10.1 Å². The van der Waals surface area contributed by atoms with Crippen molar-refractivity contribution in [3.05, 3.63) is 70.1 Å². The molecule has 0 aromatic heterocycles. The molecular formula is C25H23N3O6S. The van der Waals surface area contributed by atoms with E-state index in [1.165, 1.54) is 0 Å². The lowest BCUT2D eigenvalue weighted by Crippen LogP contribution is -2.37. The summed E-state index contributed by atoms with van der Waals surface area (Å²) >= 11 is 0.854. The van der Waals surface area contributed by atoms with E-state index in [4.69, 9.17) is 4.74 Å². The van der Waals surface area contributed by atoms with Crippen molar-refractivity contribution in [2.75, 3.05) is 26.7 Å². The number of carbonyl (C=O) groups is 5. The Bertz CT molecular complexity index is 1190. The smallest absolute Gasteiger partial charge is 0.293 e. The van der Waals surface area contributed by atoms with Crippen molar-refractivity contribution in [1.82, 2.24) is 15.1 Å². The summed E-state index contributed by atoms with van der Waals surface area (Å²) in [7, 11) is 1.56. The van der Waals surface area contributed by atoms with Gasteiger partial charge in [-0.05, 0) is 54.1 Å². The highest BCUT2D eigenvalue weighted by molar-refractivity contribution is 8.18. The van der Waals surface area contributed by atoms with Crippen LogP contribution in [-0.4, -0.2) is 65.4 Å². The predicted molar refractivity (Wildman–Crippen MR) is 130 cm³/mol. The summed E-state index contributed by atoms with van der Waals surface area (Å²) < 4.78 is 5.11. The second-order valence-corrected chi connectivity index (χ2v) is 8.86. The fourth-order valence-electron chi connectivity index (χ4n) is 3.78. The zero-order valence-corrected chi connectivity index (χ0v) is 19.8. The summed E-state index contributed by atoms with van der Waals surface area (Å²) in [5.41, 5.74) is 1.52. The van der Waals surface area contributed by atoms with Crippen LogP contribution in [0.4, 0.5) is 4.79 Å². The van der Waals surface area contributed by atoms with Crippen LogP contribution in [0, 0.1) is 0 Å². The minimum absolute atomic E-state index is 0.0504. The minimum atomic E-state index is -0.407. The average Bonchev–Trinajstić information content (AvgIpc) is 3.27. The van der Waals surface area contributed by atoms with Gasteiger partial charge >= 0.3 is 0 Å². The van der Waals surface area contributed by atoms with Gasteiger partial charge in [-0.25, -0.2) is 0 Å². The van der Waals surface area contributed by atoms with E-state index in [1.807, 2.05) is 0 Å². The number of ether oxygens (including phenoxy) is 1. The van der Waals surface area contributed by atoms with Crippen molar-refractivity contribution in [2.45, 2.75) is 12.8 Å². The monoisotopic (exact) mass is 493 g/mol. The summed E-state index contributed by atoms with van der Waals surface area (Å²) in [6, 6.07) is 13.7. The van der Waals surface area contributed by atoms with Crippen molar-refractivity contribution >= 4 is 46.7 Å². The molecule has 0 unspecified atom stereocenters. The maximum Gasteiger partial charge on any atom is 0.293 e. The maximum absolute atomic E-state index is 12.6. The Balaban J connectivity index is 1.21. The Morgan fingerprint density at radius 3 is 2.20 bits per heavy atom. The number of hydrogen-bond acceptors (Lipinski definition) is 7. The Morgan fingerprint density at radius 1 is 0.914 bits per heavy atom. The molecule has 2 heterocycles. The van der Waals surface area contributed by atoms with Gasteiger partial charge in [0.15, 0.2) is 0 Å². The van der Waals surface area contributed by atoms with Gasteiger partial charge in [-0.3, -0.25) is 33.8 Å². The third kappa shape index (κ3) is 5.27. The van der Waals surface area contributed by atoms with Crippen LogP contribution in [-0.2, 0) is 9.59 Å². The van der Waals surface area contributed by atoms with Gasteiger partial charge in [0.1, 0.15) is 5.75 Å². The number of nitrogens with zero attached hydrogens (tertiary/aromatic N) is 2. The molecule has 35 heavy (non-hydrogen) atoms. The number of hydrogen-bond donors (Lipinski definition) is 1. The van der Waals surface area contributed by atoms with Crippen molar-refractivity contribution in [1.29, 1.82) is 0 Å². The van der Waals surface area contributed by atoms with Crippen LogP contribution in [0.5, 0.6) is 5.75 Å². The maximum atomic E-state index is 12.6. The highest BCUT2D eigenvalue weighted by atomic mass is 32.2. The number of amides is 5. The van der Waals surface area contributed by atoms with E-state index in [0.29, 0.717) is 28.2 Å². The first-order valence-electron chi connectivity index (χ1n) is 11.0. The number of nitrogens with one attached hydrogen (secondary N) is 1. The third-order valence-electron chi connectivity index (χ3n) is 5.61. The Hall–Kier alpha value is -3.92. The number of thioether (sulfide) groups is 1. The van der Waals surface area contributed by atoms with Crippen LogP contribution in [0.25, 0.3) is 6.08 Å². The fourth-order valence-corrected chi connectivity index (χ4v) is 4.64. The standard InChI is InChI=1S/C25H23N3O6S/c1-34-17-10-8-16(9-11-17)15-20-24(32)28(25(33)35-20)14-12-26-21(29)7-4-13-27-22(30)18-5-2-3-6-19(18)23(27)31/h2-3,5-6,8-11,15H,4,7,12-14H2,1H3,(H,26,29)/b20-15-. The van der Waals surface area contributed by atoms with Crippen molar-refractivity contribution in [3.8, 4) is 5.75 Å². The van der Waals surface area contributed by atoms with Crippen LogP contribution in [0.3, 0.4) is 0 Å². The summed E-state index contributed by atoms with van der Waals surface area (Å²) in [6.07, 6.45) is 2.05. The van der Waals surface area contributed by atoms with Gasteiger partial charge in [0.2, 0.25) is 5.91 Å². The molecule has 1 saturated heterocycles. The van der Waals surface area contributed by atoms with Crippen molar-refractivity contribution in [3.63, 3.8) is 0 Å². The zero-order valence-electron chi connectivity index (χ0n) is 19.0. The normalized spacial score (nSPS) is 16.3. The van der Waals surface area contributed by atoms with E-state index in [0.717, 1.165) is 27.1 Å². The highest BCUT2D eigenvalue weighted by Gasteiger charge is 2.35. The minimum Gasteiger partial charge on any atom is -0.497 e. The number of imide groups is 2. The van der Waals surface area contributed by atoms with E-state index in [-0.39, 0.29) is 43.8 Å². The second-order valence-electron chi connectivity index (χ2n) is 7.87. The highest BCUT2D eigenvalue weighted by Crippen LogP contribution is 2.32. The molecule has 10 heteroatoms. The van der Waals surface area contributed by atoms with Gasteiger partial charge in [0.25, 0.3) is 23.0 Å². The number of benzene rings is 2. The lowest BCUT2D eigenvalue weighted by Gasteiger charge is -2.14. The van der Waals surface area contributed by atoms with Crippen molar-refractivity contribution < 1.29 is 28.7 Å². The van der Waals surface area contributed by atoms with Crippen LogP contribution in [0.15, 0.2) is 53.4 Å². The van der Waals surface area contributed by atoms with E-state index in [9.17, 15) is 24.0 Å². The number of carbonyl (C=O) groups excluding carboxylic acids is 5. The fraction of sp³-hybridized carbons (Fsp3) is 0.240. The van der Waals surface area contributed by atoms with Crippen LogP contribution in [0.2, 0.25) is 0 Å². The molecule has 0 radical (unpaired) electrons. The van der Waals surface area contributed by atoms with Gasteiger partial charge in [-0.2, -0.15) is 0 Å². The number of fused-ring (bicyclic) bond motifs is 1. The topological polar surface area (TPSA) is 113 Å². The van der Waals surface area contributed by atoms with Crippen molar-refractivity contribution in [2.24, 2.45) is 0 Å². The quantitative estimate of drug-likeness (QED) is 0.422. The predicted octanol–water partition coefficient (Wildman–Crippen LogP) is 2.92. The second kappa shape index (κ2) is 10.6. The van der Waals surface area contributed by atoms with Gasteiger partial charge < -0.3 is 10.1 Å². The summed E-state index contributed by atoms with van der Waals surface area (Å²) in [5.74, 6) is -0.714. The molecular weight excluding hydrogens is 470 g/mol. The summed E-state index contributed by atoms with van der Waals surface area (Å²) in [6.45, 7) is 0.299. The molecule has 2 aliphatic rings. The van der Waals surface area contributed by atoms with Gasteiger partial charge in [-0.1, -0.05) is 24.3 Å². The zero-order chi connectivity index (χ0) is 24.9. The van der Waals surface area contributed by atoms with E-state index < -0.39 is 11.1 Å². The summed E-state index contributed by atoms with van der Waals surface area (Å²) in [5, 5.41) is 2.28. The molecule has 5 amide bonds. The Kier molecular flexibility index (Phi) is 7.31. The molecule has 2 aromatic rings. The lowest BCUT2D eigenvalue weighted by atomic mass is 10.1. The largest absolute Gasteiger partial charge is 0.497 e. The molecule has 0 saturated carbocycles.